The van der Waals surface area contributed by atoms with Crippen LogP contribution in [0, 0.1) is 0 Å². The fourth-order valence-corrected chi connectivity index (χ4v) is 3.08. The summed E-state index contributed by atoms with van der Waals surface area (Å²) in [6.45, 7) is 0. The van der Waals surface area contributed by atoms with Crippen LogP contribution in [-0.2, 0) is 4.57 Å². The third kappa shape index (κ3) is 3.10. The van der Waals surface area contributed by atoms with E-state index in [1.165, 1.54) is 14.2 Å². The van der Waals surface area contributed by atoms with E-state index >= 15 is 0 Å². The zero-order valence-corrected chi connectivity index (χ0v) is 13.4. The Balaban J connectivity index is 2.40. The molecule has 0 aliphatic heterocycles. The normalized spacial score (nSPS) is 10.8. The number of rotatable bonds is 6. The van der Waals surface area contributed by atoms with E-state index in [4.69, 9.17) is 14.2 Å². The molecule has 5 nitrogen and oxygen atoms in total. The summed E-state index contributed by atoms with van der Waals surface area (Å²) in [6.07, 6.45) is 0. The van der Waals surface area contributed by atoms with Gasteiger partial charge in [-0.15, -0.1) is 0 Å². The Kier molecular flexibility index (Phi) is 5.12. The highest BCUT2D eigenvalue weighted by atomic mass is 31.1. The van der Waals surface area contributed by atoms with Crippen LogP contribution in [0.1, 0.15) is 10.4 Å². The van der Waals surface area contributed by atoms with Gasteiger partial charge < -0.3 is 14.2 Å². The van der Waals surface area contributed by atoms with Crippen LogP contribution in [0.5, 0.6) is 17.2 Å². The van der Waals surface area contributed by atoms with Crippen molar-refractivity contribution in [1.29, 1.82) is 0 Å². The predicted octanol–water partition coefficient (Wildman–Crippen LogP) is 3.01. The highest BCUT2D eigenvalue weighted by molar-refractivity contribution is 7.71. The van der Waals surface area contributed by atoms with Crippen molar-refractivity contribution in [2.45, 2.75) is 0 Å². The van der Waals surface area contributed by atoms with Gasteiger partial charge in [-0.25, -0.2) is 0 Å². The number of carbonyl (C=O) groups excluding carboxylic acids is 1. The first-order chi connectivity index (χ1) is 10.6. The van der Waals surface area contributed by atoms with Gasteiger partial charge >= 0.3 is 0 Å². The fraction of sp³-hybridized carbons (Fsp3) is 0.188. The molecule has 6 heteroatoms. The molecule has 1 unspecified atom stereocenters. The summed E-state index contributed by atoms with van der Waals surface area (Å²) in [5.41, 5.74) is -0.348. The molecule has 1 atom stereocenters. The summed E-state index contributed by atoms with van der Waals surface area (Å²) >= 11 is 0. The summed E-state index contributed by atoms with van der Waals surface area (Å²) in [7, 11) is 2.16. The first-order valence-electron chi connectivity index (χ1n) is 6.49. The van der Waals surface area contributed by atoms with Crippen LogP contribution < -0.4 is 19.5 Å². The molecule has 0 aliphatic rings. The zero-order chi connectivity index (χ0) is 16.1. The van der Waals surface area contributed by atoms with E-state index in [0.29, 0.717) is 22.6 Å². The van der Waals surface area contributed by atoms with E-state index in [1.54, 1.807) is 49.6 Å². The van der Waals surface area contributed by atoms with E-state index in [-0.39, 0.29) is 5.56 Å². The molecule has 0 aliphatic carbocycles. The number of hydrogen-bond donors (Lipinski definition) is 0. The molecule has 0 N–H and O–H groups in total. The van der Waals surface area contributed by atoms with Crippen molar-refractivity contribution in [3.8, 4) is 17.2 Å². The van der Waals surface area contributed by atoms with Crippen molar-refractivity contribution in [3.05, 3.63) is 48.0 Å². The second kappa shape index (κ2) is 7.05. The van der Waals surface area contributed by atoms with E-state index in [1.807, 2.05) is 0 Å². The maximum absolute atomic E-state index is 12.6. The maximum Gasteiger partial charge on any atom is 0.254 e. The minimum atomic E-state index is -2.28. The van der Waals surface area contributed by atoms with Crippen LogP contribution in [0.3, 0.4) is 0 Å². The minimum Gasteiger partial charge on any atom is -0.497 e. The number of ether oxygens (including phenoxy) is 3. The monoisotopic (exact) mass is 319 g/mol. The molecule has 2 aromatic rings. The Hall–Kier alpha value is -2.39. The zero-order valence-electron chi connectivity index (χ0n) is 12.5. The lowest BCUT2D eigenvalue weighted by atomic mass is 10.2. The molecule has 0 saturated carbocycles. The summed E-state index contributed by atoms with van der Waals surface area (Å²) in [5, 5.41) is 0.425. The van der Waals surface area contributed by atoms with E-state index in [2.05, 4.69) is 0 Å². The molecule has 1 radical (unpaired) electrons. The Labute approximate surface area is 129 Å². The predicted molar refractivity (Wildman–Crippen MR) is 84.1 cm³/mol. The van der Waals surface area contributed by atoms with Crippen LogP contribution in [0.15, 0.2) is 42.5 Å². The molecule has 2 rings (SSSR count). The molecule has 0 aromatic heterocycles. The number of benzene rings is 2. The Morgan fingerprint density at radius 1 is 0.864 bits per heavy atom. The van der Waals surface area contributed by atoms with Gasteiger partial charge in [0.1, 0.15) is 22.8 Å². The number of carbonyl (C=O) groups is 1. The summed E-state index contributed by atoms with van der Waals surface area (Å²) in [4.78, 5) is 12.6. The smallest absolute Gasteiger partial charge is 0.254 e. The average molecular weight is 319 g/mol. The highest BCUT2D eigenvalue weighted by Crippen LogP contribution is 2.37. The van der Waals surface area contributed by atoms with Crippen molar-refractivity contribution < 1.29 is 23.6 Å². The third-order valence-electron chi connectivity index (χ3n) is 3.13. The first kappa shape index (κ1) is 16.0. The van der Waals surface area contributed by atoms with E-state index < -0.39 is 13.3 Å². The molecular weight excluding hydrogens is 303 g/mol. The molecule has 22 heavy (non-hydrogen) atoms. The standard InChI is InChI=1S/C16H16O5P/c1-19-11-7-9-12(10-8-11)22(18)16(17)15-13(20-2)5-4-6-14(15)21-3/h4-10H,1-3H3. The SMILES string of the molecule is COc1ccc([P](=O)C(=O)c2c(OC)cccc2OC)cc1. The van der Waals surface area contributed by atoms with Crippen molar-refractivity contribution in [2.75, 3.05) is 21.3 Å². The minimum absolute atomic E-state index is 0.185. The van der Waals surface area contributed by atoms with Gasteiger partial charge in [0.15, 0.2) is 7.80 Å². The highest BCUT2D eigenvalue weighted by Gasteiger charge is 2.25. The second-order valence-electron chi connectivity index (χ2n) is 4.34. The molecule has 0 saturated heterocycles. The van der Waals surface area contributed by atoms with Gasteiger partial charge in [0.2, 0.25) is 0 Å². The van der Waals surface area contributed by atoms with Gasteiger partial charge in [0.05, 0.1) is 21.3 Å². The van der Waals surface area contributed by atoms with Crippen molar-refractivity contribution in [3.63, 3.8) is 0 Å². The second-order valence-corrected chi connectivity index (χ2v) is 5.85. The first-order valence-corrected chi connectivity index (χ1v) is 7.75. The Morgan fingerprint density at radius 3 is 1.86 bits per heavy atom. The van der Waals surface area contributed by atoms with Crippen LogP contribution in [0.4, 0.5) is 0 Å². The van der Waals surface area contributed by atoms with Crippen molar-refractivity contribution >= 4 is 18.6 Å². The lowest BCUT2D eigenvalue weighted by Gasteiger charge is -2.11. The molecular formula is C16H16O5P. The van der Waals surface area contributed by atoms with Crippen LogP contribution >= 0.6 is 7.80 Å². The fourth-order valence-electron chi connectivity index (χ4n) is 2.00. The van der Waals surface area contributed by atoms with Crippen LogP contribution in [0.25, 0.3) is 0 Å². The Morgan fingerprint density at radius 2 is 1.41 bits per heavy atom. The third-order valence-corrected chi connectivity index (χ3v) is 4.49. The van der Waals surface area contributed by atoms with E-state index in [9.17, 15) is 9.36 Å². The van der Waals surface area contributed by atoms with Gasteiger partial charge in [-0.05, 0) is 36.4 Å². The molecule has 0 heterocycles. The van der Waals surface area contributed by atoms with Gasteiger partial charge in [-0.1, -0.05) is 6.07 Å². The summed E-state index contributed by atoms with van der Waals surface area (Å²) in [6, 6.07) is 11.5. The number of methoxy groups -OCH3 is 3. The van der Waals surface area contributed by atoms with Gasteiger partial charge in [0.25, 0.3) is 5.52 Å². The molecule has 115 valence electrons. The lowest BCUT2D eigenvalue weighted by molar-refractivity contribution is 0.107. The molecule has 0 bridgehead atoms. The van der Waals surface area contributed by atoms with Crippen LogP contribution in [0.2, 0.25) is 0 Å². The quantitative estimate of drug-likeness (QED) is 0.766. The lowest BCUT2D eigenvalue weighted by Crippen LogP contribution is -2.07. The largest absolute Gasteiger partial charge is 0.497 e. The van der Waals surface area contributed by atoms with Gasteiger partial charge in [-0.3, -0.25) is 9.36 Å². The topological polar surface area (TPSA) is 61.8 Å². The Bertz CT molecular complexity index is 672. The average Bonchev–Trinajstić information content (AvgIpc) is 2.59. The van der Waals surface area contributed by atoms with Crippen molar-refractivity contribution in [1.82, 2.24) is 0 Å². The molecule has 0 amide bonds. The van der Waals surface area contributed by atoms with Crippen molar-refractivity contribution in [2.24, 2.45) is 0 Å². The maximum atomic E-state index is 12.6. The molecule has 0 spiro atoms. The number of hydrogen-bond acceptors (Lipinski definition) is 5. The van der Waals surface area contributed by atoms with Gasteiger partial charge in [-0.2, -0.15) is 0 Å². The summed E-state index contributed by atoms with van der Waals surface area (Å²) < 4.78 is 27.9. The molecule has 2 aromatic carbocycles. The molecule has 0 fully saturated rings. The van der Waals surface area contributed by atoms with Crippen LogP contribution in [-0.4, -0.2) is 26.9 Å². The van der Waals surface area contributed by atoms with E-state index in [0.717, 1.165) is 0 Å². The van der Waals surface area contributed by atoms with Gasteiger partial charge in [0, 0.05) is 5.30 Å². The summed E-state index contributed by atoms with van der Waals surface area (Å²) in [5.74, 6) is 1.30.